The number of carbonyl (C=O) groups is 1. The van der Waals surface area contributed by atoms with Gasteiger partial charge in [-0.15, -0.1) is 0 Å². The first-order chi connectivity index (χ1) is 9.99. The van der Waals surface area contributed by atoms with Crippen LogP contribution in [0.3, 0.4) is 0 Å². The molecule has 2 N–H and O–H groups in total. The lowest BCUT2D eigenvalue weighted by atomic mass is 10.1. The molecular formula is C15H17ClN2O3. The number of aliphatic hydroxyl groups excluding tert-OH is 1. The normalized spacial score (nSPS) is 12.2. The van der Waals surface area contributed by atoms with Crippen LogP contribution in [0.2, 0.25) is 5.02 Å². The second kappa shape index (κ2) is 6.74. The third kappa shape index (κ3) is 3.83. The van der Waals surface area contributed by atoms with Crippen molar-refractivity contribution in [1.29, 1.82) is 0 Å². The monoisotopic (exact) mass is 308 g/mol. The number of amides is 1. The molecule has 0 aliphatic carbocycles. The Bertz CT molecular complexity index is 620. The number of aryl methyl sites for hydroxylation is 2. The van der Waals surface area contributed by atoms with Crippen molar-refractivity contribution < 1.29 is 14.4 Å². The fourth-order valence-corrected chi connectivity index (χ4v) is 2.30. The highest BCUT2D eigenvalue weighted by atomic mass is 35.5. The summed E-state index contributed by atoms with van der Waals surface area (Å²) in [4.78, 5) is 12.0. The van der Waals surface area contributed by atoms with Gasteiger partial charge in [0.05, 0.1) is 11.8 Å². The smallest absolute Gasteiger partial charge is 0.256 e. The first kappa shape index (κ1) is 15.5. The Labute approximate surface area is 127 Å². The molecule has 1 atom stereocenters. The molecule has 0 aliphatic rings. The summed E-state index contributed by atoms with van der Waals surface area (Å²) in [6.45, 7) is 3.75. The maximum atomic E-state index is 12.0. The summed E-state index contributed by atoms with van der Waals surface area (Å²) in [6.07, 6.45) is -0.274. The number of nitrogens with zero attached hydrogens (tertiary/aromatic N) is 1. The number of carbonyl (C=O) groups excluding carboxylic acids is 1. The topological polar surface area (TPSA) is 75.4 Å². The van der Waals surface area contributed by atoms with Gasteiger partial charge < -0.3 is 14.9 Å². The molecule has 1 aromatic carbocycles. The van der Waals surface area contributed by atoms with Gasteiger partial charge in [-0.2, -0.15) is 0 Å². The standard InChI is InChI=1S/C15H17ClN2O3/c1-9-14(10(2)21-18-9)15(20)17-7-6-13(19)11-4-3-5-12(16)8-11/h3-5,8,13,19H,6-7H2,1-2H3,(H,17,20). The highest BCUT2D eigenvalue weighted by molar-refractivity contribution is 6.30. The zero-order chi connectivity index (χ0) is 15.4. The average Bonchev–Trinajstić information content (AvgIpc) is 2.78. The van der Waals surface area contributed by atoms with Gasteiger partial charge in [0.1, 0.15) is 11.3 Å². The summed E-state index contributed by atoms with van der Waals surface area (Å²) in [5, 5.41) is 17.1. The van der Waals surface area contributed by atoms with Crippen LogP contribution in [-0.4, -0.2) is 22.7 Å². The van der Waals surface area contributed by atoms with E-state index in [4.69, 9.17) is 16.1 Å². The van der Waals surface area contributed by atoms with Gasteiger partial charge in [0.2, 0.25) is 0 Å². The summed E-state index contributed by atoms with van der Waals surface area (Å²) >= 11 is 5.88. The van der Waals surface area contributed by atoms with Crippen molar-refractivity contribution >= 4 is 17.5 Å². The molecule has 0 spiro atoms. The van der Waals surface area contributed by atoms with Crippen LogP contribution in [0.1, 0.15) is 39.9 Å². The van der Waals surface area contributed by atoms with E-state index in [0.29, 0.717) is 35.0 Å². The van der Waals surface area contributed by atoms with Gasteiger partial charge in [0.25, 0.3) is 5.91 Å². The van der Waals surface area contributed by atoms with Gasteiger partial charge in [-0.1, -0.05) is 28.9 Å². The summed E-state index contributed by atoms with van der Waals surface area (Å²) in [6, 6.07) is 7.04. The fraction of sp³-hybridized carbons (Fsp3) is 0.333. The third-order valence-electron chi connectivity index (χ3n) is 3.20. The molecule has 1 amide bonds. The quantitative estimate of drug-likeness (QED) is 0.890. The van der Waals surface area contributed by atoms with E-state index >= 15 is 0 Å². The van der Waals surface area contributed by atoms with E-state index in [9.17, 15) is 9.90 Å². The minimum atomic E-state index is -0.673. The first-order valence-electron chi connectivity index (χ1n) is 6.63. The molecule has 0 radical (unpaired) electrons. The van der Waals surface area contributed by atoms with Crippen LogP contribution in [-0.2, 0) is 0 Å². The van der Waals surface area contributed by atoms with E-state index in [1.54, 1.807) is 38.1 Å². The lowest BCUT2D eigenvalue weighted by molar-refractivity contribution is 0.0940. The number of hydrogen-bond acceptors (Lipinski definition) is 4. The summed E-state index contributed by atoms with van der Waals surface area (Å²) < 4.78 is 4.95. The van der Waals surface area contributed by atoms with E-state index in [1.165, 1.54) is 0 Å². The largest absolute Gasteiger partial charge is 0.388 e. The Morgan fingerprint density at radius 3 is 2.86 bits per heavy atom. The number of halogens is 1. The Kier molecular flexibility index (Phi) is 4.98. The van der Waals surface area contributed by atoms with E-state index in [2.05, 4.69) is 10.5 Å². The van der Waals surface area contributed by atoms with Crippen LogP contribution in [0.5, 0.6) is 0 Å². The molecule has 0 saturated carbocycles. The summed E-state index contributed by atoms with van der Waals surface area (Å²) in [5.41, 5.74) is 1.74. The number of nitrogens with one attached hydrogen (secondary N) is 1. The van der Waals surface area contributed by atoms with E-state index in [-0.39, 0.29) is 5.91 Å². The number of hydrogen-bond donors (Lipinski definition) is 2. The highest BCUT2D eigenvalue weighted by Gasteiger charge is 2.17. The van der Waals surface area contributed by atoms with Gasteiger partial charge >= 0.3 is 0 Å². The molecule has 2 aromatic rings. The number of aliphatic hydroxyl groups is 1. The molecule has 0 aliphatic heterocycles. The molecule has 112 valence electrons. The van der Waals surface area contributed by atoms with Crippen LogP contribution >= 0.6 is 11.6 Å². The number of benzene rings is 1. The minimum Gasteiger partial charge on any atom is -0.388 e. The van der Waals surface area contributed by atoms with Crippen molar-refractivity contribution in [2.24, 2.45) is 0 Å². The molecule has 5 nitrogen and oxygen atoms in total. The number of aromatic nitrogens is 1. The SMILES string of the molecule is Cc1noc(C)c1C(=O)NCCC(O)c1cccc(Cl)c1. The Hall–Kier alpha value is -1.85. The number of rotatable bonds is 5. The van der Waals surface area contributed by atoms with Crippen molar-refractivity contribution in [3.63, 3.8) is 0 Å². The molecule has 21 heavy (non-hydrogen) atoms. The maximum Gasteiger partial charge on any atom is 0.256 e. The van der Waals surface area contributed by atoms with Crippen molar-refractivity contribution in [2.75, 3.05) is 6.54 Å². The van der Waals surface area contributed by atoms with Gasteiger partial charge in [0, 0.05) is 11.6 Å². The minimum absolute atomic E-state index is 0.246. The van der Waals surface area contributed by atoms with Crippen molar-refractivity contribution in [3.8, 4) is 0 Å². The lowest BCUT2D eigenvalue weighted by Crippen LogP contribution is -2.26. The molecule has 1 unspecified atom stereocenters. The molecule has 2 rings (SSSR count). The first-order valence-corrected chi connectivity index (χ1v) is 7.01. The Morgan fingerprint density at radius 1 is 1.48 bits per heavy atom. The zero-order valence-electron chi connectivity index (χ0n) is 11.9. The van der Waals surface area contributed by atoms with Gasteiger partial charge in [0.15, 0.2) is 0 Å². The molecule has 6 heteroatoms. The van der Waals surface area contributed by atoms with E-state index in [0.717, 1.165) is 5.56 Å². The van der Waals surface area contributed by atoms with Crippen molar-refractivity contribution in [3.05, 3.63) is 51.9 Å². The Morgan fingerprint density at radius 2 is 2.24 bits per heavy atom. The molecule has 0 fully saturated rings. The second-order valence-corrected chi connectivity index (χ2v) is 5.25. The molecule has 0 bridgehead atoms. The predicted molar refractivity (Wildman–Crippen MR) is 79.3 cm³/mol. The van der Waals surface area contributed by atoms with E-state index in [1.807, 2.05) is 0 Å². The summed E-state index contributed by atoms with van der Waals surface area (Å²) in [7, 11) is 0. The average molecular weight is 309 g/mol. The second-order valence-electron chi connectivity index (χ2n) is 4.81. The molecule has 1 aromatic heterocycles. The Balaban J connectivity index is 1.88. The highest BCUT2D eigenvalue weighted by Crippen LogP contribution is 2.20. The van der Waals surface area contributed by atoms with E-state index < -0.39 is 6.10 Å². The van der Waals surface area contributed by atoms with Crippen LogP contribution in [0.15, 0.2) is 28.8 Å². The molecule has 1 heterocycles. The maximum absolute atomic E-state index is 12.0. The molecular weight excluding hydrogens is 292 g/mol. The van der Waals surface area contributed by atoms with Crippen molar-refractivity contribution in [1.82, 2.24) is 10.5 Å². The van der Waals surface area contributed by atoms with Crippen LogP contribution < -0.4 is 5.32 Å². The van der Waals surface area contributed by atoms with Crippen LogP contribution in [0.4, 0.5) is 0 Å². The summed E-state index contributed by atoms with van der Waals surface area (Å²) in [5.74, 6) is 0.241. The van der Waals surface area contributed by atoms with Crippen molar-refractivity contribution in [2.45, 2.75) is 26.4 Å². The zero-order valence-corrected chi connectivity index (χ0v) is 12.6. The molecule has 0 saturated heterocycles. The van der Waals surface area contributed by atoms with Crippen LogP contribution in [0, 0.1) is 13.8 Å². The van der Waals surface area contributed by atoms with Crippen LogP contribution in [0.25, 0.3) is 0 Å². The lowest BCUT2D eigenvalue weighted by Gasteiger charge is -2.12. The predicted octanol–water partition coefficient (Wildman–Crippen LogP) is 2.80. The third-order valence-corrected chi connectivity index (χ3v) is 3.43. The van der Waals surface area contributed by atoms with Gasteiger partial charge in [-0.3, -0.25) is 4.79 Å². The van der Waals surface area contributed by atoms with Gasteiger partial charge in [-0.05, 0) is 38.0 Å². The fourth-order valence-electron chi connectivity index (χ4n) is 2.10. The van der Waals surface area contributed by atoms with Gasteiger partial charge in [-0.25, -0.2) is 0 Å².